The first-order valence-electron chi connectivity index (χ1n) is 8.57. The quantitative estimate of drug-likeness (QED) is 0.715. The van der Waals surface area contributed by atoms with Crippen LogP contribution < -0.4 is 4.90 Å². The number of aromatic nitrogens is 2. The second kappa shape index (κ2) is 5.99. The summed E-state index contributed by atoms with van der Waals surface area (Å²) in [6.45, 7) is 4.83. The van der Waals surface area contributed by atoms with Gasteiger partial charge in [0.05, 0.1) is 11.0 Å². The monoisotopic (exact) mass is 337 g/mol. The minimum absolute atomic E-state index is 0.0346. The van der Waals surface area contributed by atoms with Gasteiger partial charge < -0.3 is 9.47 Å². The Kier molecular flexibility index (Phi) is 3.79. The molecule has 25 heavy (non-hydrogen) atoms. The molecule has 2 heterocycles. The Morgan fingerprint density at radius 2 is 1.84 bits per heavy atom. The molecular weight excluding hydrogens is 317 g/mol. The number of fused-ring (bicyclic) bond motifs is 1. The normalized spacial score (nSPS) is 17.8. The summed E-state index contributed by atoms with van der Waals surface area (Å²) in [5.41, 5.74) is 2.79. The van der Waals surface area contributed by atoms with Gasteiger partial charge in [-0.3, -0.25) is 4.79 Å². The number of hydrogen-bond acceptors (Lipinski definition) is 2. The van der Waals surface area contributed by atoms with E-state index in [1.54, 1.807) is 17.0 Å². The van der Waals surface area contributed by atoms with Gasteiger partial charge in [-0.1, -0.05) is 12.1 Å². The van der Waals surface area contributed by atoms with Crippen molar-refractivity contribution in [2.75, 3.05) is 11.4 Å². The van der Waals surface area contributed by atoms with Crippen molar-refractivity contribution in [3.63, 3.8) is 0 Å². The summed E-state index contributed by atoms with van der Waals surface area (Å²) in [5.74, 6) is 0.744. The molecule has 0 unspecified atom stereocenters. The first-order chi connectivity index (χ1) is 12.0. The molecule has 5 heteroatoms. The summed E-state index contributed by atoms with van der Waals surface area (Å²) >= 11 is 0. The van der Waals surface area contributed by atoms with Gasteiger partial charge in [0.25, 0.3) is 0 Å². The van der Waals surface area contributed by atoms with Gasteiger partial charge in [-0.15, -0.1) is 0 Å². The fourth-order valence-electron chi connectivity index (χ4n) is 3.64. The van der Waals surface area contributed by atoms with Crippen LogP contribution in [0.4, 0.5) is 10.1 Å². The molecule has 2 aromatic carbocycles. The number of para-hydroxylation sites is 2. The van der Waals surface area contributed by atoms with Crippen molar-refractivity contribution in [2.45, 2.75) is 32.2 Å². The van der Waals surface area contributed by atoms with Crippen LogP contribution in [-0.2, 0) is 4.79 Å². The van der Waals surface area contributed by atoms with E-state index in [1.165, 1.54) is 12.1 Å². The van der Waals surface area contributed by atoms with E-state index in [9.17, 15) is 9.18 Å². The molecule has 1 saturated heterocycles. The van der Waals surface area contributed by atoms with E-state index in [1.807, 2.05) is 18.2 Å². The Balaban J connectivity index is 1.71. The van der Waals surface area contributed by atoms with Gasteiger partial charge in [0.1, 0.15) is 11.6 Å². The molecule has 1 fully saturated rings. The van der Waals surface area contributed by atoms with Gasteiger partial charge in [0, 0.05) is 30.6 Å². The van der Waals surface area contributed by atoms with Crippen molar-refractivity contribution in [3.05, 3.63) is 60.2 Å². The van der Waals surface area contributed by atoms with Gasteiger partial charge in [0.15, 0.2) is 0 Å². The summed E-state index contributed by atoms with van der Waals surface area (Å²) in [6, 6.07) is 14.4. The van der Waals surface area contributed by atoms with Crippen LogP contribution in [0.1, 0.15) is 38.1 Å². The van der Waals surface area contributed by atoms with E-state index in [4.69, 9.17) is 4.98 Å². The summed E-state index contributed by atoms with van der Waals surface area (Å²) in [5, 5.41) is 0. The Labute approximate surface area is 145 Å². The number of carbonyl (C=O) groups is 1. The molecule has 1 atom stereocenters. The van der Waals surface area contributed by atoms with E-state index < -0.39 is 0 Å². The third-order valence-corrected chi connectivity index (χ3v) is 4.77. The maximum absolute atomic E-state index is 13.2. The lowest BCUT2D eigenvalue weighted by Gasteiger charge is -2.18. The highest BCUT2D eigenvalue weighted by Gasteiger charge is 2.35. The number of hydrogen-bond donors (Lipinski definition) is 0. The molecule has 0 radical (unpaired) electrons. The lowest BCUT2D eigenvalue weighted by molar-refractivity contribution is -0.117. The number of halogens is 1. The molecule has 0 aliphatic carbocycles. The number of amides is 1. The standard InChI is InChI=1S/C20H20FN3O/c1-13(2)24-18-6-4-3-5-17(18)22-20(24)14-11-19(25)23(12-14)16-9-7-15(21)8-10-16/h3-10,13-14H,11-12H2,1-2H3/t14-/m0/s1. The SMILES string of the molecule is CC(C)n1c([C@H]2CC(=O)N(c3ccc(F)cc3)C2)nc2ccccc21. The summed E-state index contributed by atoms with van der Waals surface area (Å²) in [6.07, 6.45) is 0.424. The van der Waals surface area contributed by atoms with Gasteiger partial charge in [0.2, 0.25) is 5.91 Å². The third-order valence-electron chi connectivity index (χ3n) is 4.77. The highest BCUT2D eigenvalue weighted by Crippen LogP contribution is 2.34. The minimum atomic E-state index is -0.298. The molecule has 4 rings (SSSR count). The van der Waals surface area contributed by atoms with Crippen molar-refractivity contribution in [1.82, 2.24) is 9.55 Å². The van der Waals surface area contributed by atoms with E-state index in [0.29, 0.717) is 13.0 Å². The van der Waals surface area contributed by atoms with Gasteiger partial charge >= 0.3 is 0 Å². The van der Waals surface area contributed by atoms with Crippen molar-refractivity contribution in [2.24, 2.45) is 0 Å². The molecule has 0 spiro atoms. The molecular formula is C20H20FN3O. The van der Waals surface area contributed by atoms with Crippen LogP contribution in [0.5, 0.6) is 0 Å². The molecule has 4 nitrogen and oxygen atoms in total. The third kappa shape index (κ3) is 2.69. The average Bonchev–Trinajstić information content (AvgIpc) is 3.16. The topological polar surface area (TPSA) is 38.1 Å². The number of rotatable bonds is 3. The van der Waals surface area contributed by atoms with E-state index in [0.717, 1.165) is 22.5 Å². The zero-order valence-electron chi connectivity index (χ0n) is 14.3. The number of carbonyl (C=O) groups excluding carboxylic acids is 1. The summed E-state index contributed by atoms with van der Waals surface area (Å²) in [7, 11) is 0. The molecule has 0 bridgehead atoms. The van der Waals surface area contributed by atoms with E-state index in [2.05, 4.69) is 24.5 Å². The van der Waals surface area contributed by atoms with Crippen LogP contribution in [0, 0.1) is 5.82 Å². The highest BCUT2D eigenvalue weighted by molar-refractivity contribution is 5.96. The highest BCUT2D eigenvalue weighted by atomic mass is 19.1. The van der Waals surface area contributed by atoms with Crippen molar-refractivity contribution >= 4 is 22.6 Å². The van der Waals surface area contributed by atoms with Crippen LogP contribution in [0.3, 0.4) is 0 Å². The smallest absolute Gasteiger partial charge is 0.227 e. The molecule has 3 aromatic rings. The summed E-state index contributed by atoms with van der Waals surface area (Å²) < 4.78 is 15.4. The first kappa shape index (κ1) is 15.8. The van der Waals surface area contributed by atoms with Crippen LogP contribution in [0.25, 0.3) is 11.0 Å². The second-order valence-corrected chi connectivity index (χ2v) is 6.80. The molecule has 1 aliphatic rings. The van der Waals surface area contributed by atoms with Crippen molar-refractivity contribution < 1.29 is 9.18 Å². The fourth-order valence-corrected chi connectivity index (χ4v) is 3.64. The van der Waals surface area contributed by atoms with Gasteiger partial charge in [-0.25, -0.2) is 9.37 Å². The number of imidazole rings is 1. The molecule has 0 saturated carbocycles. The zero-order valence-corrected chi connectivity index (χ0v) is 14.3. The van der Waals surface area contributed by atoms with Crippen molar-refractivity contribution in [3.8, 4) is 0 Å². The zero-order chi connectivity index (χ0) is 17.6. The molecule has 1 aliphatic heterocycles. The lowest BCUT2D eigenvalue weighted by Crippen LogP contribution is -2.24. The lowest BCUT2D eigenvalue weighted by atomic mass is 10.1. The maximum Gasteiger partial charge on any atom is 0.227 e. The first-order valence-corrected chi connectivity index (χ1v) is 8.57. The largest absolute Gasteiger partial charge is 0.325 e. The fraction of sp³-hybridized carbons (Fsp3) is 0.300. The maximum atomic E-state index is 13.2. The molecule has 1 amide bonds. The van der Waals surface area contributed by atoms with Crippen molar-refractivity contribution in [1.29, 1.82) is 0 Å². The Bertz CT molecular complexity index is 930. The van der Waals surface area contributed by atoms with Crippen LogP contribution >= 0.6 is 0 Å². The number of nitrogens with zero attached hydrogens (tertiary/aromatic N) is 3. The Hall–Kier alpha value is -2.69. The Morgan fingerprint density at radius 1 is 1.12 bits per heavy atom. The molecule has 0 N–H and O–H groups in total. The minimum Gasteiger partial charge on any atom is -0.325 e. The van der Waals surface area contributed by atoms with Gasteiger partial charge in [-0.05, 0) is 50.2 Å². The summed E-state index contributed by atoms with van der Waals surface area (Å²) in [4.78, 5) is 19.1. The Morgan fingerprint density at radius 3 is 2.56 bits per heavy atom. The molecule has 128 valence electrons. The average molecular weight is 337 g/mol. The number of anilines is 1. The van der Waals surface area contributed by atoms with Crippen LogP contribution in [0.15, 0.2) is 48.5 Å². The number of benzene rings is 2. The molecule has 1 aromatic heterocycles. The van der Waals surface area contributed by atoms with Crippen LogP contribution in [0.2, 0.25) is 0 Å². The predicted molar refractivity (Wildman–Crippen MR) is 96.2 cm³/mol. The van der Waals surface area contributed by atoms with Crippen LogP contribution in [-0.4, -0.2) is 22.0 Å². The second-order valence-electron chi connectivity index (χ2n) is 6.80. The van der Waals surface area contributed by atoms with E-state index in [-0.39, 0.29) is 23.7 Å². The van der Waals surface area contributed by atoms with E-state index >= 15 is 0 Å². The van der Waals surface area contributed by atoms with Gasteiger partial charge in [-0.2, -0.15) is 0 Å². The predicted octanol–water partition coefficient (Wildman–Crippen LogP) is 4.28.